The van der Waals surface area contributed by atoms with Crippen LogP contribution in [0.3, 0.4) is 0 Å². The maximum atomic E-state index is 13.1. The molecule has 2 aliphatic rings. The minimum Gasteiger partial charge on any atom is -0.345 e. The van der Waals surface area contributed by atoms with Crippen molar-refractivity contribution in [2.45, 2.75) is 23.6 Å². The first-order valence-electron chi connectivity index (χ1n) is 18.1. The standard InChI is InChI=1S/C21H22FN3O2S2.C19H16Cl2FN3O2S2/c1-15-3-4-16(2)19(13-15)20-14-28-21(23-20)24-9-11-25(12-10-24)29(26,27)18-7-5-17(22)6-8-18;20-13-1-6-16(17(21)11-13)18-12-28-19(23-18)24-7-9-25(10-8-24)29(26,27)15-4-2-14(22)3-5-15/h3-8,13-14H,9-12H2,1-2H3;1-6,11-12H,7-10H2. The molecule has 4 aromatic carbocycles. The van der Waals surface area contributed by atoms with Crippen molar-refractivity contribution in [1.82, 2.24) is 18.6 Å². The number of aryl methyl sites for hydroxylation is 2. The minimum absolute atomic E-state index is 0.0984. The van der Waals surface area contributed by atoms with Crippen LogP contribution in [0.1, 0.15) is 11.1 Å². The summed E-state index contributed by atoms with van der Waals surface area (Å²) in [4.78, 5) is 13.8. The minimum atomic E-state index is -3.64. The van der Waals surface area contributed by atoms with Crippen LogP contribution in [0.15, 0.2) is 105 Å². The molecule has 2 aromatic heterocycles. The Morgan fingerprint density at radius 1 is 0.569 bits per heavy atom. The monoisotopic (exact) mass is 902 g/mol. The summed E-state index contributed by atoms with van der Waals surface area (Å²) in [6, 6.07) is 21.5. The predicted octanol–water partition coefficient (Wildman–Crippen LogP) is 8.84. The molecule has 0 atom stereocenters. The average molecular weight is 904 g/mol. The van der Waals surface area contributed by atoms with Crippen molar-refractivity contribution in [2.24, 2.45) is 0 Å². The molecule has 4 heterocycles. The molecule has 18 heteroatoms. The Balaban J connectivity index is 0.000000177. The van der Waals surface area contributed by atoms with Gasteiger partial charge in [-0.1, -0.05) is 40.9 Å². The highest BCUT2D eigenvalue weighted by Crippen LogP contribution is 2.35. The van der Waals surface area contributed by atoms with Gasteiger partial charge in [0.2, 0.25) is 20.0 Å². The zero-order valence-corrected chi connectivity index (χ0v) is 36.1. The van der Waals surface area contributed by atoms with Crippen LogP contribution in [0.4, 0.5) is 19.0 Å². The third-order valence-corrected chi connectivity index (χ3v) is 16.0. The molecule has 2 saturated heterocycles. The fourth-order valence-electron chi connectivity index (χ4n) is 6.53. The number of anilines is 2. The smallest absolute Gasteiger partial charge is 0.243 e. The van der Waals surface area contributed by atoms with E-state index in [0.29, 0.717) is 62.4 Å². The van der Waals surface area contributed by atoms with Crippen LogP contribution in [0.2, 0.25) is 10.0 Å². The average Bonchev–Trinajstić information content (AvgIpc) is 3.91. The van der Waals surface area contributed by atoms with E-state index in [9.17, 15) is 25.6 Å². The summed E-state index contributed by atoms with van der Waals surface area (Å²) in [5.41, 5.74) is 6.02. The summed E-state index contributed by atoms with van der Waals surface area (Å²) < 4.78 is 80.1. The maximum absolute atomic E-state index is 13.1. The van der Waals surface area contributed by atoms with Crippen LogP contribution in [0.25, 0.3) is 22.5 Å². The van der Waals surface area contributed by atoms with Gasteiger partial charge in [-0.15, -0.1) is 22.7 Å². The van der Waals surface area contributed by atoms with Gasteiger partial charge in [-0.25, -0.2) is 35.6 Å². The van der Waals surface area contributed by atoms with Crippen molar-refractivity contribution in [3.05, 3.63) is 128 Å². The lowest BCUT2D eigenvalue weighted by atomic mass is 10.0. The lowest BCUT2D eigenvalue weighted by Gasteiger charge is -2.33. The molecule has 0 unspecified atom stereocenters. The zero-order valence-electron chi connectivity index (χ0n) is 31.4. The molecule has 0 bridgehead atoms. The number of rotatable bonds is 8. The lowest BCUT2D eigenvalue weighted by molar-refractivity contribution is 0.384. The third-order valence-electron chi connectivity index (χ3n) is 9.78. The van der Waals surface area contributed by atoms with Crippen LogP contribution in [0.5, 0.6) is 0 Å². The molecule has 2 fully saturated rings. The van der Waals surface area contributed by atoms with Crippen molar-refractivity contribution in [3.8, 4) is 22.5 Å². The van der Waals surface area contributed by atoms with E-state index in [1.165, 1.54) is 67.5 Å². The number of sulfonamides is 2. The molecule has 304 valence electrons. The van der Waals surface area contributed by atoms with Gasteiger partial charge in [0.15, 0.2) is 10.3 Å². The molecule has 10 nitrogen and oxygen atoms in total. The Hall–Kier alpha value is -4.00. The molecule has 8 rings (SSSR count). The van der Waals surface area contributed by atoms with E-state index < -0.39 is 31.7 Å². The highest BCUT2D eigenvalue weighted by atomic mass is 35.5. The number of hydrogen-bond donors (Lipinski definition) is 0. The lowest BCUT2D eigenvalue weighted by Crippen LogP contribution is -2.48. The molecule has 0 amide bonds. The van der Waals surface area contributed by atoms with Gasteiger partial charge < -0.3 is 9.80 Å². The predicted molar refractivity (Wildman–Crippen MR) is 229 cm³/mol. The second-order valence-electron chi connectivity index (χ2n) is 13.7. The Morgan fingerprint density at radius 3 is 1.47 bits per heavy atom. The van der Waals surface area contributed by atoms with E-state index in [4.69, 9.17) is 28.2 Å². The highest BCUT2D eigenvalue weighted by Gasteiger charge is 2.31. The molecule has 2 aliphatic heterocycles. The van der Waals surface area contributed by atoms with Gasteiger partial charge in [0, 0.05) is 79.3 Å². The molecule has 0 aliphatic carbocycles. The Kier molecular flexibility index (Phi) is 12.9. The van der Waals surface area contributed by atoms with Crippen molar-refractivity contribution < 1.29 is 25.6 Å². The fourth-order valence-corrected chi connectivity index (χ4v) is 11.6. The first-order chi connectivity index (χ1) is 27.7. The van der Waals surface area contributed by atoms with E-state index in [0.717, 1.165) is 44.9 Å². The van der Waals surface area contributed by atoms with Gasteiger partial charge in [0.25, 0.3) is 0 Å². The van der Waals surface area contributed by atoms with Crippen molar-refractivity contribution in [1.29, 1.82) is 0 Å². The molecule has 0 radical (unpaired) electrons. The Labute approximate surface area is 355 Å². The summed E-state index contributed by atoms with van der Waals surface area (Å²) in [6.07, 6.45) is 0. The van der Waals surface area contributed by atoms with Crippen LogP contribution in [0, 0.1) is 25.5 Å². The fraction of sp³-hybridized carbons (Fsp3) is 0.250. The summed E-state index contributed by atoms with van der Waals surface area (Å²) in [5, 5.41) is 6.78. The first kappa shape index (κ1) is 42.1. The van der Waals surface area contributed by atoms with Crippen molar-refractivity contribution in [2.75, 3.05) is 62.2 Å². The number of halogens is 4. The van der Waals surface area contributed by atoms with Crippen LogP contribution in [-0.4, -0.2) is 87.8 Å². The number of thiazole rings is 2. The molecule has 0 spiro atoms. The summed E-state index contributed by atoms with van der Waals surface area (Å²) in [7, 11) is -7.25. The van der Waals surface area contributed by atoms with Gasteiger partial charge in [-0.2, -0.15) is 8.61 Å². The van der Waals surface area contributed by atoms with Gasteiger partial charge in [-0.05, 0) is 92.2 Å². The zero-order chi connectivity index (χ0) is 41.2. The Morgan fingerprint density at radius 2 is 1.02 bits per heavy atom. The van der Waals surface area contributed by atoms with Crippen LogP contribution in [-0.2, 0) is 20.0 Å². The number of aromatic nitrogens is 2. The molecular formula is C40H38Cl2F2N6O4S4. The van der Waals surface area contributed by atoms with Crippen LogP contribution < -0.4 is 9.80 Å². The van der Waals surface area contributed by atoms with Crippen molar-refractivity contribution >= 4 is 76.2 Å². The van der Waals surface area contributed by atoms with Crippen LogP contribution >= 0.6 is 45.9 Å². The number of benzene rings is 4. The maximum Gasteiger partial charge on any atom is 0.243 e. The van der Waals surface area contributed by atoms with E-state index in [1.54, 1.807) is 23.5 Å². The van der Waals surface area contributed by atoms with Gasteiger partial charge >= 0.3 is 0 Å². The summed E-state index contributed by atoms with van der Waals surface area (Å²) in [5.74, 6) is -0.911. The van der Waals surface area contributed by atoms with E-state index >= 15 is 0 Å². The molecule has 0 N–H and O–H groups in total. The number of hydrogen-bond acceptors (Lipinski definition) is 10. The van der Waals surface area contributed by atoms with Gasteiger partial charge in [-0.3, -0.25) is 0 Å². The molecule has 58 heavy (non-hydrogen) atoms. The molecule has 6 aromatic rings. The highest BCUT2D eigenvalue weighted by molar-refractivity contribution is 7.89. The normalized spacial score (nSPS) is 15.6. The molecule has 0 saturated carbocycles. The number of piperazine rings is 2. The second-order valence-corrected chi connectivity index (χ2v) is 20.1. The SMILES string of the molecule is Cc1ccc(C)c(-c2csc(N3CCN(S(=O)(=O)c4ccc(F)cc4)CC3)n2)c1.O=S(=O)(c1ccc(F)cc1)N1CCN(c2nc(-c3ccc(Cl)cc3Cl)cs2)CC1. The van der Waals surface area contributed by atoms with E-state index in [1.807, 2.05) is 11.4 Å². The largest absolute Gasteiger partial charge is 0.345 e. The topological polar surface area (TPSA) is 107 Å². The first-order valence-corrected chi connectivity index (χ1v) is 23.5. The van der Waals surface area contributed by atoms with Crippen molar-refractivity contribution in [3.63, 3.8) is 0 Å². The van der Waals surface area contributed by atoms with E-state index in [2.05, 4.69) is 52.2 Å². The second kappa shape index (κ2) is 17.7. The van der Waals surface area contributed by atoms with E-state index in [-0.39, 0.29) is 9.79 Å². The van der Waals surface area contributed by atoms with Gasteiger partial charge in [0.05, 0.1) is 26.2 Å². The summed E-state index contributed by atoms with van der Waals surface area (Å²) in [6.45, 7) is 7.72. The number of nitrogens with zero attached hydrogens (tertiary/aromatic N) is 6. The quantitative estimate of drug-likeness (QED) is 0.149. The Bertz CT molecular complexity index is 2610. The third kappa shape index (κ3) is 9.39. The summed E-state index contributed by atoms with van der Waals surface area (Å²) >= 11 is 15.3. The molecular weight excluding hydrogens is 866 g/mol. The van der Waals surface area contributed by atoms with Gasteiger partial charge in [0.1, 0.15) is 11.6 Å².